The van der Waals surface area contributed by atoms with Crippen molar-refractivity contribution in [2.24, 2.45) is 4.99 Å². The van der Waals surface area contributed by atoms with Gasteiger partial charge in [-0.2, -0.15) is 0 Å². The highest BCUT2D eigenvalue weighted by atomic mass is 127. The van der Waals surface area contributed by atoms with E-state index in [2.05, 4.69) is 21.5 Å². The zero-order valence-electron chi connectivity index (χ0n) is 16.1. The molecule has 8 nitrogen and oxygen atoms in total. The van der Waals surface area contributed by atoms with Gasteiger partial charge < -0.3 is 25.2 Å². The Labute approximate surface area is 182 Å². The second-order valence-corrected chi connectivity index (χ2v) is 5.85. The molecule has 9 heteroatoms. The van der Waals surface area contributed by atoms with Crippen molar-refractivity contribution in [1.29, 1.82) is 0 Å². The zero-order valence-corrected chi connectivity index (χ0v) is 18.4. The summed E-state index contributed by atoms with van der Waals surface area (Å²) in [5.74, 6) is 2.95. The van der Waals surface area contributed by atoms with Gasteiger partial charge in [0.2, 0.25) is 5.91 Å². The molecule has 0 aliphatic carbocycles. The van der Waals surface area contributed by atoms with Crippen molar-refractivity contribution in [3.05, 3.63) is 29.8 Å². The molecule has 0 radical (unpaired) electrons. The molecule has 2 N–H and O–H groups in total. The molecule has 0 atom stereocenters. The van der Waals surface area contributed by atoms with Crippen LogP contribution in [0.4, 0.5) is 10.5 Å². The average Bonchev–Trinajstić information content (AvgIpc) is 2.69. The number of guanidine groups is 1. The third kappa shape index (κ3) is 6.92. The summed E-state index contributed by atoms with van der Waals surface area (Å²) in [7, 11) is 1.66. The highest BCUT2D eigenvalue weighted by molar-refractivity contribution is 14.0. The van der Waals surface area contributed by atoms with Crippen molar-refractivity contribution in [2.45, 2.75) is 6.92 Å². The molecule has 1 aromatic rings. The minimum atomic E-state index is -0.298. The molecule has 0 spiro atoms. The smallest absolute Gasteiger partial charge is 0.409 e. The van der Waals surface area contributed by atoms with Crippen LogP contribution in [0.5, 0.6) is 0 Å². The minimum Gasteiger partial charge on any atom is -0.450 e. The van der Waals surface area contributed by atoms with Gasteiger partial charge in [0.25, 0.3) is 0 Å². The number of carbonyl (C=O) groups excluding carboxylic acids is 2. The highest BCUT2D eigenvalue weighted by Crippen LogP contribution is 2.09. The van der Waals surface area contributed by atoms with Crippen molar-refractivity contribution in [2.75, 3.05) is 51.7 Å². The van der Waals surface area contributed by atoms with Crippen LogP contribution < -0.4 is 10.6 Å². The molecular formula is C19H26IN5O3. The Balaban J connectivity index is 0.00000392. The van der Waals surface area contributed by atoms with Gasteiger partial charge in [0.1, 0.15) is 0 Å². The van der Waals surface area contributed by atoms with Gasteiger partial charge in [-0.1, -0.05) is 12.0 Å². The molecule has 0 bridgehead atoms. The van der Waals surface area contributed by atoms with Gasteiger partial charge in [0.05, 0.1) is 13.2 Å². The maximum Gasteiger partial charge on any atom is 0.409 e. The fourth-order valence-electron chi connectivity index (χ4n) is 2.70. The number of hydrogen-bond acceptors (Lipinski definition) is 4. The summed E-state index contributed by atoms with van der Waals surface area (Å²) >= 11 is 0. The maximum absolute atomic E-state index is 12.2. The first kappa shape index (κ1) is 23.6. The highest BCUT2D eigenvalue weighted by Gasteiger charge is 2.23. The van der Waals surface area contributed by atoms with Gasteiger partial charge in [0, 0.05) is 44.5 Å². The van der Waals surface area contributed by atoms with Crippen molar-refractivity contribution >= 4 is 47.6 Å². The molecule has 1 heterocycles. The van der Waals surface area contributed by atoms with Crippen LogP contribution in [0.15, 0.2) is 29.3 Å². The van der Waals surface area contributed by atoms with E-state index in [1.807, 2.05) is 4.90 Å². The number of benzene rings is 1. The van der Waals surface area contributed by atoms with Gasteiger partial charge in [-0.05, 0) is 25.1 Å². The predicted molar refractivity (Wildman–Crippen MR) is 120 cm³/mol. The van der Waals surface area contributed by atoms with E-state index in [1.165, 1.54) is 0 Å². The van der Waals surface area contributed by atoms with E-state index in [9.17, 15) is 9.59 Å². The van der Waals surface area contributed by atoms with Crippen molar-refractivity contribution in [3.63, 3.8) is 0 Å². The van der Waals surface area contributed by atoms with E-state index in [4.69, 9.17) is 11.2 Å². The van der Waals surface area contributed by atoms with Crippen molar-refractivity contribution in [1.82, 2.24) is 15.1 Å². The standard InChI is InChI=1S/C19H25N5O3.HI/c1-4-15-7-6-8-16(13-15)22-17(25)14-21-18(20-3)23-9-11-24(12-10-23)19(26)27-5-2;/h1,6-8,13H,5,9-12,14H2,2-3H3,(H,20,21)(H,22,25);1H. The van der Waals surface area contributed by atoms with Gasteiger partial charge >= 0.3 is 6.09 Å². The van der Waals surface area contributed by atoms with Crippen LogP contribution >= 0.6 is 24.0 Å². The normalized spacial score (nSPS) is 13.8. The molecule has 0 aromatic heterocycles. The molecule has 1 aliphatic rings. The number of aliphatic imine (C=N–C) groups is 1. The lowest BCUT2D eigenvalue weighted by Gasteiger charge is -2.35. The molecule has 0 unspecified atom stereocenters. The number of amides is 2. The monoisotopic (exact) mass is 499 g/mol. The summed E-state index contributed by atoms with van der Waals surface area (Å²) in [6.07, 6.45) is 5.07. The summed E-state index contributed by atoms with van der Waals surface area (Å²) in [4.78, 5) is 31.8. The third-order valence-electron chi connectivity index (χ3n) is 4.04. The van der Waals surface area contributed by atoms with E-state index < -0.39 is 0 Å². The third-order valence-corrected chi connectivity index (χ3v) is 4.04. The fourth-order valence-corrected chi connectivity index (χ4v) is 2.70. The summed E-state index contributed by atoms with van der Waals surface area (Å²) in [6, 6.07) is 7.11. The molecule has 1 saturated heterocycles. The topological polar surface area (TPSA) is 86.3 Å². The van der Waals surface area contributed by atoms with Crippen LogP contribution in [-0.2, 0) is 9.53 Å². The summed E-state index contributed by atoms with van der Waals surface area (Å²) < 4.78 is 5.01. The number of hydrogen-bond donors (Lipinski definition) is 2. The molecule has 1 fully saturated rings. The molecule has 152 valence electrons. The molecule has 2 rings (SSSR count). The summed E-state index contributed by atoms with van der Waals surface area (Å²) in [5, 5.41) is 5.84. The van der Waals surface area contributed by atoms with Crippen LogP contribution in [-0.4, -0.2) is 74.1 Å². The number of piperazine rings is 1. The fraction of sp³-hybridized carbons (Fsp3) is 0.421. The molecule has 2 amide bonds. The Kier molecular flexibility index (Phi) is 10.2. The zero-order chi connectivity index (χ0) is 19.6. The molecule has 0 saturated carbocycles. The summed E-state index contributed by atoms with van der Waals surface area (Å²) in [6.45, 7) is 4.55. The number of nitrogens with zero attached hydrogens (tertiary/aromatic N) is 3. The second-order valence-electron chi connectivity index (χ2n) is 5.85. The minimum absolute atomic E-state index is 0. The molecule has 1 aliphatic heterocycles. The van der Waals surface area contributed by atoms with Crippen molar-refractivity contribution in [3.8, 4) is 12.3 Å². The van der Waals surface area contributed by atoms with Crippen molar-refractivity contribution < 1.29 is 14.3 Å². The Morgan fingerprint density at radius 2 is 1.93 bits per heavy atom. The number of anilines is 1. The first-order valence-corrected chi connectivity index (χ1v) is 8.81. The number of nitrogens with one attached hydrogen (secondary N) is 2. The maximum atomic E-state index is 12.2. The van der Waals surface area contributed by atoms with Crippen LogP contribution in [0, 0.1) is 12.3 Å². The first-order chi connectivity index (χ1) is 13.1. The predicted octanol–water partition coefficient (Wildman–Crippen LogP) is 1.57. The molecular weight excluding hydrogens is 473 g/mol. The SMILES string of the molecule is C#Cc1cccc(NC(=O)CNC(=NC)N2CCN(C(=O)OCC)CC2)c1.I. The Bertz CT molecular complexity index is 739. The lowest BCUT2D eigenvalue weighted by Crippen LogP contribution is -2.54. The Hall–Kier alpha value is -2.48. The lowest BCUT2D eigenvalue weighted by molar-refractivity contribution is -0.115. The molecule has 1 aromatic carbocycles. The van der Waals surface area contributed by atoms with E-state index >= 15 is 0 Å². The first-order valence-electron chi connectivity index (χ1n) is 8.81. The number of carbonyl (C=O) groups is 2. The summed E-state index contributed by atoms with van der Waals surface area (Å²) in [5.41, 5.74) is 1.35. The van der Waals surface area contributed by atoms with E-state index in [1.54, 1.807) is 43.1 Å². The van der Waals surface area contributed by atoms with Crippen LogP contribution in [0.2, 0.25) is 0 Å². The number of rotatable bonds is 4. The Morgan fingerprint density at radius 3 is 2.54 bits per heavy atom. The van der Waals surface area contributed by atoms with Gasteiger partial charge in [0.15, 0.2) is 5.96 Å². The number of terminal acetylenes is 1. The van der Waals surface area contributed by atoms with Crippen LogP contribution in [0.3, 0.4) is 0 Å². The van der Waals surface area contributed by atoms with Gasteiger partial charge in [-0.25, -0.2) is 4.79 Å². The van der Waals surface area contributed by atoms with Crippen LogP contribution in [0.1, 0.15) is 12.5 Å². The number of ether oxygens (including phenoxy) is 1. The lowest BCUT2D eigenvalue weighted by atomic mass is 10.2. The molecule has 28 heavy (non-hydrogen) atoms. The van der Waals surface area contributed by atoms with E-state index in [-0.39, 0.29) is 42.5 Å². The quantitative estimate of drug-likeness (QED) is 0.285. The van der Waals surface area contributed by atoms with E-state index in [0.29, 0.717) is 50.0 Å². The average molecular weight is 499 g/mol. The second kappa shape index (κ2) is 12.1. The Morgan fingerprint density at radius 1 is 1.25 bits per heavy atom. The number of halogens is 1. The van der Waals surface area contributed by atoms with Gasteiger partial charge in [-0.3, -0.25) is 9.79 Å². The van der Waals surface area contributed by atoms with Gasteiger partial charge in [-0.15, -0.1) is 30.4 Å². The van der Waals surface area contributed by atoms with Crippen LogP contribution in [0.25, 0.3) is 0 Å². The van der Waals surface area contributed by atoms with E-state index in [0.717, 1.165) is 0 Å². The largest absolute Gasteiger partial charge is 0.450 e.